The lowest BCUT2D eigenvalue weighted by Gasteiger charge is -2.30. The van der Waals surface area contributed by atoms with Crippen LogP contribution in [0.5, 0.6) is 11.5 Å². The van der Waals surface area contributed by atoms with E-state index < -0.39 is 0 Å². The number of ether oxygens (including phenoxy) is 3. The quantitative estimate of drug-likeness (QED) is 0.741. The first-order valence-corrected chi connectivity index (χ1v) is 8.22. The fraction of sp³-hybridized carbons (Fsp3) is 0.500. The SMILES string of the molecule is COc1ccc(OCc2nn(CN3CCO[C@H](C)C3)c(=S)o2)cc1. The summed E-state index contributed by atoms with van der Waals surface area (Å²) in [5, 5.41) is 4.39. The lowest BCUT2D eigenvalue weighted by molar-refractivity contribution is -0.0309. The van der Waals surface area contributed by atoms with Crippen molar-refractivity contribution in [1.82, 2.24) is 14.7 Å². The average Bonchev–Trinajstić information content (AvgIpc) is 2.93. The van der Waals surface area contributed by atoms with Crippen LogP contribution >= 0.6 is 12.2 Å². The van der Waals surface area contributed by atoms with E-state index in [4.69, 9.17) is 30.8 Å². The lowest BCUT2D eigenvalue weighted by Crippen LogP contribution is -2.42. The molecule has 1 aliphatic rings. The van der Waals surface area contributed by atoms with Crippen LogP contribution < -0.4 is 9.47 Å². The van der Waals surface area contributed by atoms with Crippen LogP contribution in [-0.4, -0.2) is 47.6 Å². The van der Waals surface area contributed by atoms with E-state index in [-0.39, 0.29) is 12.7 Å². The van der Waals surface area contributed by atoms with Crippen molar-refractivity contribution < 1.29 is 18.6 Å². The molecular formula is C16H21N3O4S. The Bertz CT molecular complexity index is 713. The van der Waals surface area contributed by atoms with Gasteiger partial charge in [-0.1, -0.05) is 0 Å². The van der Waals surface area contributed by atoms with Crippen LogP contribution in [0.1, 0.15) is 12.8 Å². The number of benzene rings is 1. The van der Waals surface area contributed by atoms with Gasteiger partial charge in [-0.15, -0.1) is 5.10 Å². The van der Waals surface area contributed by atoms with Gasteiger partial charge < -0.3 is 18.6 Å². The van der Waals surface area contributed by atoms with E-state index in [0.29, 0.717) is 23.1 Å². The smallest absolute Gasteiger partial charge is 0.288 e. The molecule has 1 saturated heterocycles. The predicted molar refractivity (Wildman–Crippen MR) is 89.6 cm³/mol. The Labute approximate surface area is 145 Å². The molecule has 24 heavy (non-hydrogen) atoms. The summed E-state index contributed by atoms with van der Waals surface area (Å²) in [6.07, 6.45) is 0.220. The maximum absolute atomic E-state index is 5.66. The van der Waals surface area contributed by atoms with Crippen LogP contribution in [0.4, 0.5) is 0 Å². The molecule has 130 valence electrons. The minimum Gasteiger partial charge on any atom is -0.497 e. The van der Waals surface area contributed by atoms with Gasteiger partial charge in [-0.05, 0) is 43.4 Å². The average molecular weight is 351 g/mol. The van der Waals surface area contributed by atoms with Gasteiger partial charge in [-0.3, -0.25) is 4.90 Å². The van der Waals surface area contributed by atoms with Crippen LogP contribution in [0.3, 0.4) is 0 Å². The van der Waals surface area contributed by atoms with Crippen molar-refractivity contribution >= 4 is 12.2 Å². The molecule has 8 heteroatoms. The molecule has 2 aromatic rings. The third-order valence-electron chi connectivity index (χ3n) is 3.73. The maximum Gasteiger partial charge on any atom is 0.288 e. The van der Waals surface area contributed by atoms with Crippen molar-refractivity contribution in [1.29, 1.82) is 0 Å². The van der Waals surface area contributed by atoms with Gasteiger partial charge in [0.2, 0.25) is 0 Å². The second kappa shape index (κ2) is 7.78. The van der Waals surface area contributed by atoms with E-state index in [2.05, 4.69) is 16.9 Å². The monoisotopic (exact) mass is 351 g/mol. The van der Waals surface area contributed by atoms with E-state index in [0.717, 1.165) is 25.4 Å². The molecule has 0 spiro atoms. The third kappa shape index (κ3) is 4.34. The highest BCUT2D eigenvalue weighted by Crippen LogP contribution is 2.18. The summed E-state index contributed by atoms with van der Waals surface area (Å²) in [4.78, 5) is 2.59. The van der Waals surface area contributed by atoms with Crippen LogP contribution in [0.15, 0.2) is 28.7 Å². The zero-order valence-corrected chi connectivity index (χ0v) is 14.6. The Balaban J connectivity index is 1.58. The van der Waals surface area contributed by atoms with Gasteiger partial charge in [0, 0.05) is 13.1 Å². The minimum atomic E-state index is 0.220. The van der Waals surface area contributed by atoms with Gasteiger partial charge >= 0.3 is 0 Å². The second-order valence-electron chi connectivity index (χ2n) is 5.63. The molecule has 1 fully saturated rings. The number of hydrogen-bond donors (Lipinski definition) is 0. The molecule has 0 unspecified atom stereocenters. The highest BCUT2D eigenvalue weighted by molar-refractivity contribution is 7.71. The van der Waals surface area contributed by atoms with Gasteiger partial charge in [0.05, 0.1) is 26.5 Å². The lowest BCUT2D eigenvalue weighted by atomic mass is 10.3. The summed E-state index contributed by atoms with van der Waals surface area (Å²) in [6, 6.07) is 7.34. The zero-order valence-electron chi connectivity index (χ0n) is 13.8. The van der Waals surface area contributed by atoms with Gasteiger partial charge in [-0.25, -0.2) is 4.68 Å². The molecule has 1 aromatic heterocycles. The highest BCUT2D eigenvalue weighted by Gasteiger charge is 2.18. The van der Waals surface area contributed by atoms with Crippen molar-refractivity contribution in [3.63, 3.8) is 0 Å². The molecule has 0 bridgehead atoms. The fourth-order valence-corrected chi connectivity index (χ4v) is 2.72. The van der Waals surface area contributed by atoms with Crippen molar-refractivity contribution in [2.24, 2.45) is 0 Å². The van der Waals surface area contributed by atoms with Crippen LogP contribution in [0.2, 0.25) is 0 Å². The molecule has 0 radical (unpaired) electrons. The normalized spacial score (nSPS) is 18.5. The zero-order chi connectivity index (χ0) is 16.9. The Morgan fingerprint density at radius 3 is 2.75 bits per heavy atom. The Hall–Kier alpha value is -1.90. The fourth-order valence-electron chi connectivity index (χ4n) is 2.52. The molecule has 0 amide bonds. The van der Waals surface area contributed by atoms with Gasteiger partial charge in [0.15, 0.2) is 6.61 Å². The predicted octanol–water partition coefficient (Wildman–Crippen LogP) is 2.47. The number of rotatable bonds is 6. The van der Waals surface area contributed by atoms with E-state index in [1.807, 2.05) is 24.3 Å². The number of nitrogens with zero attached hydrogens (tertiary/aromatic N) is 3. The topological polar surface area (TPSA) is 61.9 Å². The summed E-state index contributed by atoms with van der Waals surface area (Å²) in [6.45, 7) is 5.31. The van der Waals surface area contributed by atoms with Gasteiger partial charge in [0.25, 0.3) is 10.7 Å². The number of hydrogen-bond acceptors (Lipinski definition) is 7. The van der Waals surface area contributed by atoms with Crippen LogP contribution in [0.25, 0.3) is 0 Å². The molecule has 0 N–H and O–H groups in total. The molecule has 7 nitrogen and oxygen atoms in total. The third-order valence-corrected chi connectivity index (χ3v) is 4.02. The Morgan fingerprint density at radius 2 is 2.04 bits per heavy atom. The molecule has 1 atom stereocenters. The van der Waals surface area contributed by atoms with Gasteiger partial charge in [0.1, 0.15) is 11.5 Å². The molecule has 2 heterocycles. The van der Waals surface area contributed by atoms with E-state index >= 15 is 0 Å². The maximum atomic E-state index is 5.66. The molecule has 0 saturated carbocycles. The molecular weight excluding hydrogens is 330 g/mol. The van der Waals surface area contributed by atoms with Crippen LogP contribution in [-0.2, 0) is 18.0 Å². The highest BCUT2D eigenvalue weighted by atomic mass is 32.1. The minimum absolute atomic E-state index is 0.220. The first-order chi connectivity index (χ1) is 11.6. The van der Waals surface area contributed by atoms with Crippen molar-refractivity contribution in [2.45, 2.75) is 26.3 Å². The number of methoxy groups -OCH3 is 1. The van der Waals surface area contributed by atoms with E-state index in [1.165, 1.54) is 0 Å². The summed E-state index contributed by atoms with van der Waals surface area (Å²) in [5.74, 6) is 1.95. The summed E-state index contributed by atoms with van der Waals surface area (Å²) >= 11 is 5.24. The number of morpholine rings is 1. The molecule has 3 rings (SSSR count). The second-order valence-corrected chi connectivity index (χ2v) is 5.97. The first-order valence-electron chi connectivity index (χ1n) is 7.81. The van der Waals surface area contributed by atoms with Crippen molar-refractivity contribution in [3.05, 3.63) is 35.0 Å². The Morgan fingerprint density at radius 1 is 1.29 bits per heavy atom. The number of aromatic nitrogens is 2. The van der Waals surface area contributed by atoms with Crippen LogP contribution in [0, 0.1) is 4.84 Å². The summed E-state index contributed by atoms with van der Waals surface area (Å²) in [5.41, 5.74) is 0. The molecule has 1 aromatic carbocycles. The van der Waals surface area contributed by atoms with E-state index in [1.54, 1.807) is 11.8 Å². The van der Waals surface area contributed by atoms with E-state index in [9.17, 15) is 0 Å². The molecule has 0 aliphatic carbocycles. The largest absolute Gasteiger partial charge is 0.497 e. The van der Waals surface area contributed by atoms with Gasteiger partial charge in [-0.2, -0.15) is 0 Å². The Kier molecular flexibility index (Phi) is 5.49. The molecule has 1 aliphatic heterocycles. The first kappa shape index (κ1) is 16.9. The van der Waals surface area contributed by atoms with Crippen molar-refractivity contribution in [3.8, 4) is 11.5 Å². The standard InChI is InChI=1S/C16H21N3O4S/c1-12-9-18(7-8-21-12)11-19-16(24)23-15(17-19)10-22-14-5-3-13(20-2)4-6-14/h3-6,12H,7-11H2,1-2H3/t12-/m1/s1. The summed E-state index contributed by atoms with van der Waals surface area (Å²) < 4.78 is 23.5. The summed E-state index contributed by atoms with van der Waals surface area (Å²) in [7, 11) is 1.63. The van der Waals surface area contributed by atoms with Crippen molar-refractivity contribution in [2.75, 3.05) is 26.8 Å².